The van der Waals surface area contributed by atoms with E-state index in [4.69, 9.17) is 14.2 Å². The molecule has 0 bridgehead atoms. The minimum absolute atomic E-state index is 0.0844. The van der Waals surface area contributed by atoms with Crippen LogP contribution in [0, 0.1) is 0 Å². The van der Waals surface area contributed by atoms with Crippen LogP contribution in [0.25, 0.3) is 0 Å². The molecular formula is C62H104O6. The Kier molecular flexibility index (Phi) is 52.9. The fraction of sp³-hybridized carbons (Fsp3) is 0.694. The van der Waals surface area contributed by atoms with E-state index in [-0.39, 0.29) is 31.1 Å². The van der Waals surface area contributed by atoms with Gasteiger partial charge in [0, 0.05) is 19.3 Å². The summed E-state index contributed by atoms with van der Waals surface area (Å²) in [7, 11) is 0. The number of carbonyl (C=O) groups is 3. The van der Waals surface area contributed by atoms with Gasteiger partial charge in [-0.3, -0.25) is 14.4 Å². The Bertz CT molecular complexity index is 1360. The first-order chi connectivity index (χ1) is 33.5. The van der Waals surface area contributed by atoms with Crippen molar-refractivity contribution in [1.82, 2.24) is 0 Å². The lowest BCUT2D eigenvalue weighted by Crippen LogP contribution is -2.30. The van der Waals surface area contributed by atoms with Gasteiger partial charge in [-0.2, -0.15) is 0 Å². The van der Waals surface area contributed by atoms with Crippen molar-refractivity contribution in [2.75, 3.05) is 13.2 Å². The van der Waals surface area contributed by atoms with Crippen LogP contribution in [0.15, 0.2) is 97.2 Å². The Morgan fingerprint density at radius 1 is 0.309 bits per heavy atom. The minimum Gasteiger partial charge on any atom is -0.462 e. The average Bonchev–Trinajstić information content (AvgIpc) is 3.34. The molecule has 0 aliphatic rings. The molecule has 0 heterocycles. The standard InChI is InChI=1S/C62H104O6/c1-4-7-10-13-16-19-22-24-25-26-27-28-29-30-31-32-33-34-35-36-37-39-40-43-46-49-52-55-61(64)67-58-59(57-66-60(63)54-51-48-45-42-21-18-15-12-9-6-3)68-62(65)56-53-50-47-44-41-38-23-20-17-14-11-8-5-2/h7,10-11,14,16,19-20,23-25,27-28,30-31,33-34,59H,4-6,8-9,12-13,15,17-18,21-22,26,29,32,35-58H2,1-3H3/b10-7-,14-11-,19-16-,23-20-,25-24-,28-27-,31-30-,34-33-. The van der Waals surface area contributed by atoms with Gasteiger partial charge in [0.05, 0.1) is 0 Å². The molecule has 1 unspecified atom stereocenters. The summed E-state index contributed by atoms with van der Waals surface area (Å²) in [6.07, 6.45) is 74.0. The quantitative estimate of drug-likeness (QED) is 0.0262. The van der Waals surface area contributed by atoms with Gasteiger partial charge in [0.15, 0.2) is 6.10 Å². The second-order valence-corrected chi connectivity index (χ2v) is 18.5. The van der Waals surface area contributed by atoms with E-state index in [2.05, 4.69) is 118 Å². The molecular weight excluding hydrogens is 841 g/mol. The third kappa shape index (κ3) is 53.3. The Morgan fingerprint density at radius 3 is 0.956 bits per heavy atom. The molecule has 0 aromatic rings. The van der Waals surface area contributed by atoms with Gasteiger partial charge in [-0.05, 0) is 96.3 Å². The van der Waals surface area contributed by atoms with Gasteiger partial charge in [-0.1, -0.05) is 240 Å². The first-order valence-electron chi connectivity index (χ1n) is 28.2. The first-order valence-corrected chi connectivity index (χ1v) is 28.2. The van der Waals surface area contributed by atoms with Gasteiger partial charge < -0.3 is 14.2 Å². The zero-order valence-corrected chi connectivity index (χ0v) is 44.3. The molecule has 0 amide bonds. The maximum absolute atomic E-state index is 12.8. The second kappa shape index (κ2) is 55.9. The van der Waals surface area contributed by atoms with E-state index in [0.29, 0.717) is 19.3 Å². The van der Waals surface area contributed by atoms with Crippen LogP contribution in [0.4, 0.5) is 0 Å². The molecule has 0 aliphatic carbocycles. The molecule has 6 nitrogen and oxygen atoms in total. The fourth-order valence-corrected chi connectivity index (χ4v) is 7.60. The van der Waals surface area contributed by atoms with Crippen molar-refractivity contribution >= 4 is 17.9 Å². The van der Waals surface area contributed by atoms with Crippen molar-refractivity contribution in [1.29, 1.82) is 0 Å². The number of hydrogen-bond acceptors (Lipinski definition) is 6. The zero-order valence-electron chi connectivity index (χ0n) is 44.3. The zero-order chi connectivity index (χ0) is 49.3. The highest BCUT2D eigenvalue weighted by Crippen LogP contribution is 2.15. The Morgan fingerprint density at radius 2 is 0.603 bits per heavy atom. The number of allylic oxidation sites excluding steroid dienone is 16. The van der Waals surface area contributed by atoms with Crippen LogP contribution in [-0.4, -0.2) is 37.2 Å². The van der Waals surface area contributed by atoms with Crippen molar-refractivity contribution < 1.29 is 28.6 Å². The maximum atomic E-state index is 12.8. The highest BCUT2D eigenvalue weighted by Gasteiger charge is 2.19. The molecule has 0 fully saturated rings. The third-order valence-electron chi connectivity index (χ3n) is 11.8. The molecule has 6 heteroatoms. The summed E-state index contributed by atoms with van der Waals surface area (Å²) in [5.41, 5.74) is 0. The van der Waals surface area contributed by atoms with E-state index < -0.39 is 6.10 Å². The van der Waals surface area contributed by atoms with Crippen LogP contribution >= 0.6 is 0 Å². The molecule has 68 heavy (non-hydrogen) atoms. The Hall–Kier alpha value is -3.67. The number of hydrogen-bond donors (Lipinski definition) is 0. The van der Waals surface area contributed by atoms with Crippen molar-refractivity contribution in [2.45, 2.75) is 264 Å². The largest absolute Gasteiger partial charge is 0.462 e. The van der Waals surface area contributed by atoms with Crippen LogP contribution < -0.4 is 0 Å². The SMILES string of the molecule is CC/C=C\C/C=C\C/C=C\C/C=C\C/C=C\C/C=C\CCCCCCCCCCC(=O)OCC(COC(=O)CCCCCCCCCCCC)OC(=O)CCCCCCC/C=C\C/C=C\CCC. The van der Waals surface area contributed by atoms with Gasteiger partial charge in [0.25, 0.3) is 0 Å². The molecule has 0 saturated heterocycles. The minimum atomic E-state index is -0.786. The van der Waals surface area contributed by atoms with E-state index in [1.807, 2.05) is 0 Å². The van der Waals surface area contributed by atoms with Crippen LogP contribution in [0.2, 0.25) is 0 Å². The summed E-state index contributed by atoms with van der Waals surface area (Å²) in [5.74, 6) is -0.908. The highest BCUT2D eigenvalue weighted by atomic mass is 16.6. The molecule has 1 atom stereocenters. The average molecular weight is 946 g/mol. The fourth-order valence-electron chi connectivity index (χ4n) is 7.60. The van der Waals surface area contributed by atoms with E-state index >= 15 is 0 Å². The van der Waals surface area contributed by atoms with Crippen LogP contribution in [0.1, 0.15) is 258 Å². The highest BCUT2D eigenvalue weighted by molar-refractivity contribution is 5.71. The molecule has 0 radical (unpaired) electrons. The monoisotopic (exact) mass is 945 g/mol. The number of rotatable bonds is 50. The van der Waals surface area contributed by atoms with Crippen molar-refractivity contribution in [2.24, 2.45) is 0 Å². The molecule has 0 rings (SSSR count). The topological polar surface area (TPSA) is 78.9 Å². The number of ether oxygens (including phenoxy) is 3. The molecule has 0 aliphatic heterocycles. The second-order valence-electron chi connectivity index (χ2n) is 18.5. The maximum Gasteiger partial charge on any atom is 0.306 e. The van der Waals surface area contributed by atoms with Crippen LogP contribution in [0.3, 0.4) is 0 Å². The third-order valence-corrected chi connectivity index (χ3v) is 11.8. The van der Waals surface area contributed by atoms with E-state index in [0.717, 1.165) is 135 Å². The lowest BCUT2D eigenvalue weighted by atomic mass is 10.1. The van der Waals surface area contributed by atoms with Gasteiger partial charge in [-0.25, -0.2) is 0 Å². The summed E-state index contributed by atoms with van der Waals surface area (Å²) >= 11 is 0. The van der Waals surface area contributed by atoms with Crippen LogP contribution in [0.5, 0.6) is 0 Å². The molecule has 0 N–H and O–H groups in total. The lowest BCUT2D eigenvalue weighted by molar-refractivity contribution is -0.167. The van der Waals surface area contributed by atoms with Gasteiger partial charge in [-0.15, -0.1) is 0 Å². The summed E-state index contributed by atoms with van der Waals surface area (Å²) in [6, 6.07) is 0. The van der Waals surface area contributed by atoms with Crippen molar-refractivity contribution in [3.63, 3.8) is 0 Å². The number of unbranched alkanes of at least 4 members (excludes halogenated alkanes) is 23. The molecule has 0 aromatic heterocycles. The van der Waals surface area contributed by atoms with E-state index in [1.165, 1.54) is 83.5 Å². The van der Waals surface area contributed by atoms with Crippen molar-refractivity contribution in [3.05, 3.63) is 97.2 Å². The summed E-state index contributed by atoms with van der Waals surface area (Å²) in [4.78, 5) is 38.0. The van der Waals surface area contributed by atoms with Crippen molar-refractivity contribution in [3.8, 4) is 0 Å². The first kappa shape index (κ1) is 64.3. The summed E-state index contributed by atoms with van der Waals surface area (Å²) in [5, 5.41) is 0. The number of carbonyl (C=O) groups excluding carboxylic acids is 3. The Balaban J connectivity index is 4.26. The van der Waals surface area contributed by atoms with E-state index in [1.54, 1.807) is 0 Å². The summed E-state index contributed by atoms with van der Waals surface area (Å²) in [6.45, 7) is 6.43. The van der Waals surface area contributed by atoms with Gasteiger partial charge >= 0.3 is 17.9 Å². The predicted molar refractivity (Wildman–Crippen MR) is 293 cm³/mol. The lowest BCUT2D eigenvalue weighted by Gasteiger charge is -2.18. The van der Waals surface area contributed by atoms with Gasteiger partial charge in [0.2, 0.25) is 0 Å². The molecule has 0 aromatic carbocycles. The Labute approximate surface area is 419 Å². The van der Waals surface area contributed by atoms with E-state index in [9.17, 15) is 14.4 Å². The molecule has 0 spiro atoms. The van der Waals surface area contributed by atoms with Crippen LogP contribution in [-0.2, 0) is 28.6 Å². The predicted octanol–water partition coefficient (Wildman–Crippen LogP) is 18.9. The normalized spacial score (nSPS) is 12.8. The van der Waals surface area contributed by atoms with Gasteiger partial charge in [0.1, 0.15) is 13.2 Å². The smallest absolute Gasteiger partial charge is 0.306 e. The summed E-state index contributed by atoms with van der Waals surface area (Å²) < 4.78 is 16.8. The molecule has 0 saturated carbocycles. The number of esters is 3. The molecule has 388 valence electrons.